The molecule has 0 rings (SSSR count). The molecule has 0 aromatic rings. The van der Waals surface area contributed by atoms with Crippen molar-refractivity contribution < 1.29 is 4.43 Å². The van der Waals surface area contributed by atoms with Crippen molar-refractivity contribution in [2.24, 2.45) is 0 Å². The predicted octanol–water partition coefficient (Wildman–Crippen LogP) is 6.25. The fourth-order valence-corrected chi connectivity index (χ4v) is 5.33. The third-order valence-corrected chi connectivity index (χ3v) is 8.20. The summed E-state index contributed by atoms with van der Waals surface area (Å²) in [4.78, 5) is 0. The van der Waals surface area contributed by atoms with E-state index >= 15 is 0 Å². The second-order valence-corrected chi connectivity index (χ2v) is 10.7. The van der Waals surface area contributed by atoms with Crippen LogP contribution in [-0.4, -0.2) is 14.7 Å². The maximum atomic E-state index is 6.66. The summed E-state index contributed by atoms with van der Waals surface area (Å²) in [6.07, 6.45) is 13.3. The summed E-state index contributed by atoms with van der Waals surface area (Å²) < 4.78 is 5.65. The number of rotatable bonds is 13. The number of unbranched alkanes of at least 4 members (excludes halogenated alkanes) is 8. The van der Waals surface area contributed by atoms with Crippen molar-refractivity contribution in [2.45, 2.75) is 90.1 Å². The molecule has 0 aromatic carbocycles. The normalized spacial score (nSPS) is 14.7. The quantitative estimate of drug-likeness (QED) is 0.221. The molecule has 0 aromatic heterocycles. The average Bonchev–Trinajstić information content (AvgIpc) is 2.39. The topological polar surface area (TPSA) is 9.23 Å². The SMILES string of the molecule is CCCCCCCC[Si](Cl)(CCCCCC)OC. The van der Waals surface area contributed by atoms with Crippen LogP contribution in [0.15, 0.2) is 0 Å². The third-order valence-electron chi connectivity index (χ3n) is 3.67. The van der Waals surface area contributed by atoms with E-state index in [2.05, 4.69) is 13.8 Å². The molecule has 3 heteroatoms. The van der Waals surface area contributed by atoms with Crippen molar-refractivity contribution in [2.75, 3.05) is 7.11 Å². The van der Waals surface area contributed by atoms with Crippen LogP contribution in [0, 0.1) is 0 Å². The largest absolute Gasteiger partial charge is 0.406 e. The highest BCUT2D eigenvalue weighted by atomic mass is 35.6. The van der Waals surface area contributed by atoms with E-state index in [1.165, 1.54) is 64.2 Å². The second-order valence-electron chi connectivity index (χ2n) is 5.42. The molecule has 0 radical (unpaired) electrons. The Morgan fingerprint density at radius 2 is 1.11 bits per heavy atom. The Hall–Kier alpha value is 0.467. The highest BCUT2D eigenvalue weighted by Crippen LogP contribution is 2.27. The Morgan fingerprint density at radius 3 is 1.56 bits per heavy atom. The van der Waals surface area contributed by atoms with Gasteiger partial charge < -0.3 is 4.43 Å². The van der Waals surface area contributed by atoms with Crippen LogP contribution in [0.3, 0.4) is 0 Å². The Kier molecular flexibility index (Phi) is 12.8. The molecule has 0 amide bonds. The van der Waals surface area contributed by atoms with Crippen molar-refractivity contribution in [1.82, 2.24) is 0 Å². The smallest absolute Gasteiger partial charge is 0.289 e. The fourth-order valence-electron chi connectivity index (χ4n) is 2.31. The van der Waals surface area contributed by atoms with Gasteiger partial charge >= 0.3 is 0 Å². The van der Waals surface area contributed by atoms with Gasteiger partial charge in [-0.2, -0.15) is 0 Å². The van der Waals surface area contributed by atoms with Crippen LogP contribution in [0.2, 0.25) is 12.1 Å². The Morgan fingerprint density at radius 1 is 0.722 bits per heavy atom. The molecule has 0 saturated carbocycles. The zero-order valence-electron chi connectivity index (χ0n) is 12.8. The molecule has 110 valence electrons. The molecular formula is C15H33ClOSi. The lowest BCUT2D eigenvalue weighted by Gasteiger charge is -2.22. The van der Waals surface area contributed by atoms with E-state index in [1.54, 1.807) is 0 Å². The molecule has 0 saturated heterocycles. The molecule has 1 atom stereocenters. The molecule has 0 spiro atoms. The van der Waals surface area contributed by atoms with Crippen molar-refractivity contribution in [3.63, 3.8) is 0 Å². The fraction of sp³-hybridized carbons (Fsp3) is 1.00. The zero-order chi connectivity index (χ0) is 13.7. The zero-order valence-corrected chi connectivity index (χ0v) is 14.5. The van der Waals surface area contributed by atoms with Crippen LogP contribution in [0.4, 0.5) is 0 Å². The van der Waals surface area contributed by atoms with E-state index in [-0.39, 0.29) is 0 Å². The van der Waals surface area contributed by atoms with Gasteiger partial charge in [0, 0.05) is 7.11 Å². The van der Waals surface area contributed by atoms with Gasteiger partial charge in [-0.1, -0.05) is 78.1 Å². The predicted molar refractivity (Wildman–Crippen MR) is 85.7 cm³/mol. The van der Waals surface area contributed by atoms with Crippen molar-refractivity contribution in [3.05, 3.63) is 0 Å². The first kappa shape index (κ1) is 18.5. The number of halogens is 1. The van der Waals surface area contributed by atoms with Crippen molar-refractivity contribution >= 4 is 18.7 Å². The first-order valence-corrected chi connectivity index (χ1v) is 11.3. The van der Waals surface area contributed by atoms with Gasteiger partial charge in [-0.3, -0.25) is 0 Å². The minimum absolute atomic E-state index is 1.14. The van der Waals surface area contributed by atoms with Crippen LogP contribution in [-0.2, 0) is 4.43 Å². The second kappa shape index (κ2) is 12.5. The highest BCUT2D eigenvalue weighted by molar-refractivity contribution is 7.16. The van der Waals surface area contributed by atoms with Crippen LogP contribution in [0.5, 0.6) is 0 Å². The molecule has 18 heavy (non-hydrogen) atoms. The summed E-state index contributed by atoms with van der Waals surface area (Å²) in [5.41, 5.74) is 0. The lowest BCUT2D eigenvalue weighted by atomic mass is 10.1. The minimum atomic E-state index is -1.87. The van der Waals surface area contributed by atoms with E-state index in [0.717, 1.165) is 12.1 Å². The van der Waals surface area contributed by atoms with Crippen LogP contribution in [0.25, 0.3) is 0 Å². The molecule has 1 nitrogen and oxygen atoms in total. The van der Waals surface area contributed by atoms with Gasteiger partial charge in [0.25, 0.3) is 7.63 Å². The monoisotopic (exact) mass is 292 g/mol. The summed E-state index contributed by atoms with van der Waals surface area (Å²) in [5.74, 6) is 0. The summed E-state index contributed by atoms with van der Waals surface area (Å²) in [7, 11) is -0.0540. The van der Waals surface area contributed by atoms with Crippen LogP contribution in [0.1, 0.15) is 78.1 Å². The van der Waals surface area contributed by atoms with Gasteiger partial charge in [0.05, 0.1) is 0 Å². The summed E-state index contributed by atoms with van der Waals surface area (Å²) in [5, 5.41) is 0. The van der Waals surface area contributed by atoms with Gasteiger partial charge in [0.15, 0.2) is 0 Å². The maximum Gasteiger partial charge on any atom is 0.289 e. The first-order valence-electron chi connectivity index (χ1n) is 7.92. The van der Waals surface area contributed by atoms with Crippen molar-refractivity contribution in [1.29, 1.82) is 0 Å². The van der Waals surface area contributed by atoms with Gasteiger partial charge in [-0.25, -0.2) is 0 Å². The molecule has 0 aliphatic heterocycles. The third kappa shape index (κ3) is 10.4. The number of hydrogen-bond acceptors (Lipinski definition) is 1. The van der Waals surface area contributed by atoms with E-state index in [4.69, 9.17) is 15.5 Å². The first-order chi connectivity index (χ1) is 8.68. The Labute approximate surface area is 120 Å². The van der Waals surface area contributed by atoms with Gasteiger partial charge in [-0.05, 0) is 12.1 Å². The van der Waals surface area contributed by atoms with Crippen LogP contribution >= 0.6 is 11.1 Å². The average molecular weight is 293 g/mol. The maximum absolute atomic E-state index is 6.66. The van der Waals surface area contributed by atoms with E-state index in [9.17, 15) is 0 Å². The molecule has 0 aliphatic rings. The van der Waals surface area contributed by atoms with Crippen LogP contribution < -0.4 is 0 Å². The molecule has 1 unspecified atom stereocenters. The summed E-state index contributed by atoms with van der Waals surface area (Å²) in [6, 6.07) is 2.28. The molecular weight excluding hydrogens is 260 g/mol. The van der Waals surface area contributed by atoms with Gasteiger partial charge in [0.2, 0.25) is 0 Å². The lowest BCUT2D eigenvalue weighted by molar-refractivity contribution is 0.403. The highest BCUT2D eigenvalue weighted by Gasteiger charge is 2.30. The molecule has 0 bridgehead atoms. The lowest BCUT2D eigenvalue weighted by Crippen LogP contribution is -2.29. The van der Waals surface area contributed by atoms with Gasteiger partial charge in [-0.15, -0.1) is 11.1 Å². The summed E-state index contributed by atoms with van der Waals surface area (Å²) >= 11 is 6.66. The van der Waals surface area contributed by atoms with E-state index in [0.29, 0.717) is 0 Å². The summed E-state index contributed by atoms with van der Waals surface area (Å²) in [6.45, 7) is 4.51. The number of hydrogen-bond donors (Lipinski definition) is 0. The van der Waals surface area contributed by atoms with Crippen molar-refractivity contribution in [3.8, 4) is 0 Å². The molecule has 0 fully saturated rings. The molecule has 0 aliphatic carbocycles. The van der Waals surface area contributed by atoms with E-state index in [1.807, 2.05) is 7.11 Å². The molecule has 0 heterocycles. The Bertz CT molecular complexity index is 178. The molecule has 0 N–H and O–H groups in total. The standard InChI is InChI=1S/C15H33ClOSi/c1-4-6-8-10-11-13-15-18(16,17-3)14-12-9-7-5-2/h4-15H2,1-3H3. The Balaban J connectivity index is 3.58. The van der Waals surface area contributed by atoms with E-state index < -0.39 is 7.63 Å². The van der Waals surface area contributed by atoms with Gasteiger partial charge in [0.1, 0.15) is 0 Å². The minimum Gasteiger partial charge on any atom is -0.406 e.